The second-order valence-electron chi connectivity index (χ2n) is 3.05. The van der Waals surface area contributed by atoms with Gasteiger partial charge in [-0.25, -0.2) is 4.63 Å². The van der Waals surface area contributed by atoms with E-state index in [9.17, 15) is 10.1 Å². The average Bonchev–Trinajstić information content (AvgIpc) is 2.75. The lowest BCUT2D eigenvalue weighted by Crippen LogP contribution is -2.02. The Bertz CT molecular complexity index is 534. The van der Waals surface area contributed by atoms with Crippen LogP contribution in [0.5, 0.6) is 0 Å². The van der Waals surface area contributed by atoms with Crippen LogP contribution in [-0.2, 0) is 6.54 Å². The molecule has 0 fully saturated rings. The second-order valence-corrected chi connectivity index (χ2v) is 3.46. The summed E-state index contributed by atoms with van der Waals surface area (Å²) in [6.45, 7) is 1.94. The summed E-state index contributed by atoms with van der Waals surface area (Å²) >= 11 is 5.64. The van der Waals surface area contributed by atoms with Crippen molar-refractivity contribution < 1.29 is 9.55 Å². The van der Waals surface area contributed by atoms with Crippen LogP contribution in [-0.4, -0.2) is 25.0 Å². The summed E-state index contributed by atoms with van der Waals surface area (Å²) in [6.07, 6.45) is 1.35. The summed E-state index contributed by atoms with van der Waals surface area (Å²) in [5.41, 5.74) is 1.16. The van der Waals surface area contributed by atoms with Crippen molar-refractivity contribution in [1.29, 1.82) is 0 Å². The van der Waals surface area contributed by atoms with E-state index in [1.165, 1.54) is 10.9 Å². The molecule has 0 saturated carbocycles. The first-order valence-electron chi connectivity index (χ1n) is 4.23. The Morgan fingerprint density at radius 3 is 2.88 bits per heavy atom. The molecule has 0 aliphatic heterocycles. The highest BCUT2D eigenvalue weighted by Crippen LogP contribution is 2.21. The van der Waals surface area contributed by atoms with Gasteiger partial charge < -0.3 is 10.1 Å². The molecule has 0 unspecified atom stereocenters. The van der Waals surface area contributed by atoms with E-state index in [1.807, 2.05) is 0 Å². The van der Waals surface area contributed by atoms with Gasteiger partial charge in [0.05, 0.1) is 11.3 Å². The van der Waals surface area contributed by atoms with E-state index in [0.29, 0.717) is 11.4 Å². The minimum absolute atomic E-state index is 0.0147. The Morgan fingerprint density at radius 1 is 1.62 bits per heavy atom. The van der Waals surface area contributed by atoms with Crippen molar-refractivity contribution in [3.63, 3.8) is 0 Å². The fraction of sp³-hybridized carbons (Fsp3) is 0.286. The van der Waals surface area contributed by atoms with Crippen LogP contribution in [0.2, 0.25) is 5.02 Å². The van der Waals surface area contributed by atoms with Crippen LogP contribution in [0, 0.1) is 17.0 Å². The van der Waals surface area contributed by atoms with E-state index in [4.69, 9.17) is 11.6 Å². The molecule has 0 saturated heterocycles. The Hall–Kier alpha value is -1.96. The van der Waals surface area contributed by atoms with Crippen molar-refractivity contribution in [2.24, 2.45) is 0 Å². The monoisotopic (exact) mass is 243 g/mol. The Kier molecular flexibility index (Phi) is 2.57. The standard InChI is InChI=1S/C7H6ClN5O3/c1-4-6(11-16-10-4)3-12-2-5(8)7(9-12)13(14)15/h2H,3H2,1H3. The van der Waals surface area contributed by atoms with Gasteiger partial charge in [-0.05, 0) is 11.8 Å². The molecular weight excluding hydrogens is 238 g/mol. The van der Waals surface area contributed by atoms with Crippen LogP contribution in [0.1, 0.15) is 11.4 Å². The van der Waals surface area contributed by atoms with E-state index in [2.05, 4.69) is 20.0 Å². The number of halogens is 1. The number of hydrogen-bond acceptors (Lipinski definition) is 6. The summed E-state index contributed by atoms with van der Waals surface area (Å²) in [4.78, 5) is 9.86. The molecule has 84 valence electrons. The fourth-order valence-electron chi connectivity index (χ4n) is 1.14. The van der Waals surface area contributed by atoms with Gasteiger partial charge in [-0.15, -0.1) is 0 Å². The van der Waals surface area contributed by atoms with E-state index in [1.54, 1.807) is 6.92 Å². The van der Waals surface area contributed by atoms with Crippen LogP contribution in [0.15, 0.2) is 10.8 Å². The molecule has 8 nitrogen and oxygen atoms in total. The zero-order chi connectivity index (χ0) is 11.7. The minimum Gasteiger partial charge on any atom is -0.358 e. The third-order valence-electron chi connectivity index (χ3n) is 1.93. The number of aryl methyl sites for hydroxylation is 1. The minimum atomic E-state index is -0.646. The first-order chi connectivity index (χ1) is 7.58. The number of aromatic nitrogens is 4. The molecule has 2 rings (SSSR count). The Labute approximate surface area is 93.9 Å². The predicted molar refractivity (Wildman–Crippen MR) is 52.0 cm³/mol. The highest BCUT2D eigenvalue weighted by molar-refractivity contribution is 6.32. The molecule has 2 aromatic rings. The highest BCUT2D eigenvalue weighted by Gasteiger charge is 2.20. The molecule has 0 N–H and O–H groups in total. The van der Waals surface area contributed by atoms with Gasteiger partial charge in [0.1, 0.15) is 17.9 Å². The lowest BCUT2D eigenvalue weighted by molar-refractivity contribution is -0.389. The molecule has 0 atom stereocenters. The van der Waals surface area contributed by atoms with Gasteiger partial charge in [-0.1, -0.05) is 21.9 Å². The van der Waals surface area contributed by atoms with Crippen molar-refractivity contribution in [3.8, 4) is 0 Å². The topological polar surface area (TPSA) is 99.9 Å². The molecular formula is C7H6ClN5O3. The second kappa shape index (κ2) is 3.89. The fourth-order valence-corrected chi connectivity index (χ4v) is 1.36. The van der Waals surface area contributed by atoms with Gasteiger partial charge in [-0.2, -0.15) is 4.68 Å². The van der Waals surface area contributed by atoms with Crippen LogP contribution < -0.4 is 0 Å². The highest BCUT2D eigenvalue weighted by atomic mass is 35.5. The van der Waals surface area contributed by atoms with E-state index in [0.717, 1.165) is 0 Å². The SMILES string of the molecule is Cc1nonc1Cn1cc(Cl)c([N+](=O)[O-])n1. The number of rotatable bonds is 3. The molecule has 16 heavy (non-hydrogen) atoms. The van der Waals surface area contributed by atoms with E-state index in [-0.39, 0.29) is 17.4 Å². The predicted octanol–water partition coefficient (Wildman–Crippen LogP) is 1.18. The summed E-state index contributed by atoms with van der Waals surface area (Å²) in [5.74, 6) is -0.379. The molecule has 2 heterocycles. The van der Waals surface area contributed by atoms with Gasteiger partial charge in [0.2, 0.25) is 0 Å². The van der Waals surface area contributed by atoms with Crippen molar-refractivity contribution in [1.82, 2.24) is 20.1 Å². The normalized spacial score (nSPS) is 10.6. The third-order valence-corrected chi connectivity index (χ3v) is 2.20. The van der Waals surface area contributed by atoms with Crippen LogP contribution >= 0.6 is 11.6 Å². The quantitative estimate of drug-likeness (QED) is 0.593. The van der Waals surface area contributed by atoms with E-state index >= 15 is 0 Å². The smallest absolute Gasteiger partial charge is 0.358 e. The summed E-state index contributed by atoms with van der Waals surface area (Å²) in [6, 6.07) is 0. The maximum Gasteiger partial charge on any atom is 0.408 e. The first-order valence-corrected chi connectivity index (χ1v) is 4.61. The van der Waals surface area contributed by atoms with Crippen molar-refractivity contribution in [3.05, 3.63) is 32.7 Å². The maximum atomic E-state index is 10.5. The maximum absolute atomic E-state index is 10.5. The van der Waals surface area contributed by atoms with Gasteiger partial charge in [0.25, 0.3) is 0 Å². The molecule has 0 bridgehead atoms. The van der Waals surface area contributed by atoms with Gasteiger partial charge >= 0.3 is 5.82 Å². The lowest BCUT2D eigenvalue weighted by Gasteiger charge is -1.90. The molecule has 0 spiro atoms. The summed E-state index contributed by atoms with van der Waals surface area (Å²) in [5, 5.41) is 21.4. The third kappa shape index (κ3) is 1.87. The number of hydrogen-bond donors (Lipinski definition) is 0. The van der Waals surface area contributed by atoms with Crippen molar-refractivity contribution in [2.45, 2.75) is 13.5 Å². The molecule has 9 heteroatoms. The number of nitro groups is 1. The van der Waals surface area contributed by atoms with Crippen molar-refractivity contribution in [2.75, 3.05) is 0 Å². The van der Waals surface area contributed by atoms with Gasteiger partial charge in [-0.3, -0.25) is 0 Å². The number of nitrogens with zero attached hydrogens (tertiary/aromatic N) is 5. The largest absolute Gasteiger partial charge is 0.408 e. The molecule has 0 aliphatic carbocycles. The van der Waals surface area contributed by atoms with Crippen LogP contribution in [0.4, 0.5) is 5.82 Å². The summed E-state index contributed by atoms with van der Waals surface area (Å²) < 4.78 is 5.81. The van der Waals surface area contributed by atoms with Gasteiger partial charge in [0.15, 0.2) is 5.02 Å². The Balaban J connectivity index is 2.26. The molecule has 0 aromatic carbocycles. The zero-order valence-corrected chi connectivity index (χ0v) is 8.88. The summed E-state index contributed by atoms with van der Waals surface area (Å²) in [7, 11) is 0. The first kappa shape index (κ1) is 10.6. The van der Waals surface area contributed by atoms with Crippen LogP contribution in [0.25, 0.3) is 0 Å². The average molecular weight is 244 g/mol. The van der Waals surface area contributed by atoms with E-state index < -0.39 is 4.92 Å². The molecule has 0 radical (unpaired) electrons. The molecule has 2 aromatic heterocycles. The van der Waals surface area contributed by atoms with Crippen molar-refractivity contribution >= 4 is 17.4 Å². The Morgan fingerprint density at radius 2 is 2.38 bits per heavy atom. The molecule has 0 aliphatic rings. The lowest BCUT2D eigenvalue weighted by atomic mass is 10.3. The van der Waals surface area contributed by atoms with Gasteiger partial charge in [0, 0.05) is 0 Å². The molecule has 0 amide bonds. The zero-order valence-electron chi connectivity index (χ0n) is 8.12. The van der Waals surface area contributed by atoms with Crippen LogP contribution in [0.3, 0.4) is 0 Å².